The highest BCUT2D eigenvalue weighted by Crippen LogP contribution is 2.32. The van der Waals surface area contributed by atoms with E-state index in [1.54, 1.807) is 0 Å². The first-order valence-corrected chi connectivity index (χ1v) is 8.30. The van der Waals surface area contributed by atoms with Crippen molar-refractivity contribution in [2.24, 2.45) is 0 Å². The first-order chi connectivity index (χ1) is 9.08. The molecule has 0 radical (unpaired) electrons. The van der Waals surface area contributed by atoms with Gasteiger partial charge in [-0.05, 0) is 12.8 Å². The largest absolute Gasteiger partial charge is 0.476 e. The lowest BCUT2D eigenvalue weighted by atomic mass is 10.0. The fourth-order valence-electron chi connectivity index (χ4n) is 2.23. The van der Waals surface area contributed by atoms with Gasteiger partial charge in [0.2, 0.25) is 0 Å². The Bertz CT molecular complexity index is 447. The second-order valence-corrected chi connectivity index (χ2v) is 7.09. The molecule has 104 valence electrons. The van der Waals surface area contributed by atoms with Crippen molar-refractivity contribution >= 4 is 34.9 Å². The van der Waals surface area contributed by atoms with Crippen molar-refractivity contribution in [1.29, 1.82) is 0 Å². The van der Waals surface area contributed by atoms with Crippen molar-refractivity contribution < 1.29 is 14.7 Å². The third-order valence-electron chi connectivity index (χ3n) is 3.19. The van der Waals surface area contributed by atoms with Crippen LogP contribution in [-0.4, -0.2) is 27.1 Å². The third kappa shape index (κ3) is 3.79. The lowest BCUT2D eigenvalue weighted by Gasteiger charge is -2.20. The monoisotopic (exact) mass is 299 g/mol. The van der Waals surface area contributed by atoms with Crippen molar-refractivity contribution in [2.75, 3.05) is 0 Å². The predicted molar refractivity (Wildman–Crippen MR) is 77.2 cm³/mol. The van der Waals surface area contributed by atoms with Crippen LogP contribution in [0.1, 0.15) is 64.2 Å². The molecule has 19 heavy (non-hydrogen) atoms. The van der Waals surface area contributed by atoms with Crippen LogP contribution in [-0.2, 0) is 5.75 Å². The second kappa shape index (κ2) is 6.52. The van der Waals surface area contributed by atoms with Gasteiger partial charge < -0.3 is 5.11 Å². The zero-order valence-corrected chi connectivity index (χ0v) is 12.5. The Morgan fingerprint density at radius 1 is 1.37 bits per heavy atom. The van der Waals surface area contributed by atoms with Crippen LogP contribution < -0.4 is 0 Å². The molecule has 0 amide bonds. The molecule has 0 unspecified atom stereocenters. The molecule has 2 rings (SSSR count). The summed E-state index contributed by atoms with van der Waals surface area (Å²) < 4.78 is 0. The van der Waals surface area contributed by atoms with E-state index in [0.29, 0.717) is 11.0 Å². The van der Waals surface area contributed by atoms with E-state index >= 15 is 0 Å². The summed E-state index contributed by atoms with van der Waals surface area (Å²) >= 11 is 3.06. The van der Waals surface area contributed by atoms with Gasteiger partial charge in [0, 0.05) is 17.9 Å². The van der Waals surface area contributed by atoms with Crippen LogP contribution in [0.5, 0.6) is 0 Å². The van der Waals surface area contributed by atoms with Gasteiger partial charge in [0.05, 0.1) is 0 Å². The van der Waals surface area contributed by atoms with Crippen LogP contribution >= 0.6 is 23.1 Å². The first-order valence-electron chi connectivity index (χ1n) is 6.43. The standard InChI is InChI=1S/C13H17NO3S2/c1-8(15)12-11(13(16)17)14-10(19-12)7-18-9-5-3-2-4-6-9/h9H,2-7H2,1H3,(H,16,17). The normalized spacial score (nSPS) is 16.5. The van der Waals surface area contributed by atoms with Gasteiger partial charge in [-0.2, -0.15) is 11.8 Å². The number of thiazole rings is 1. The Morgan fingerprint density at radius 3 is 2.58 bits per heavy atom. The van der Waals surface area contributed by atoms with Crippen LogP contribution in [0.2, 0.25) is 0 Å². The molecular weight excluding hydrogens is 282 g/mol. The van der Waals surface area contributed by atoms with Gasteiger partial charge in [-0.1, -0.05) is 19.3 Å². The SMILES string of the molecule is CC(=O)c1sc(CSC2CCCCC2)nc1C(=O)O. The van der Waals surface area contributed by atoms with Crippen LogP contribution in [0.15, 0.2) is 0 Å². The number of hydrogen-bond donors (Lipinski definition) is 1. The highest BCUT2D eigenvalue weighted by Gasteiger charge is 2.21. The number of aromatic nitrogens is 1. The number of thioether (sulfide) groups is 1. The zero-order valence-electron chi connectivity index (χ0n) is 10.8. The van der Waals surface area contributed by atoms with Crippen molar-refractivity contribution in [1.82, 2.24) is 4.98 Å². The summed E-state index contributed by atoms with van der Waals surface area (Å²) in [5, 5.41) is 10.4. The fraction of sp³-hybridized carbons (Fsp3) is 0.615. The number of carboxylic acids is 1. The predicted octanol–water partition coefficient (Wildman–Crippen LogP) is 3.61. The van der Waals surface area contributed by atoms with Crippen molar-refractivity contribution in [3.8, 4) is 0 Å². The summed E-state index contributed by atoms with van der Waals surface area (Å²) in [7, 11) is 0. The minimum atomic E-state index is -1.12. The number of carbonyl (C=O) groups excluding carboxylic acids is 1. The summed E-state index contributed by atoms with van der Waals surface area (Å²) in [6, 6.07) is 0. The van der Waals surface area contributed by atoms with E-state index in [0.717, 1.165) is 5.01 Å². The Labute approximate surface area is 120 Å². The van der Waals surface area contributed by atoms with Gasteiger partial charge >= 0.3 is 5.97 Å². The van der Waals surface area contributed by atoms with Crippen LogP contribution in [0.3, 0.4) is 0 Å². The molecule has 1 fully saturated rings. The number of Topliss-reactive ketones (excluding diaryl/α,β-unsaturated/α-hetero) is 1. The first kappa shape index (κ1) is 14.5. The number of aromatic carboxylic acids is 1. The molecule has 1 saturated carbocycles. The molecule has 1 aliphatic carbocycles. The van der Waals surface area contributed by atoms with Crippen molar-refractivity contribution in [2.45, 2.75) is 50.0 Å². The van der Waals surface area contributed by atoms with E-state index in [1.165, 1.54) is 50.4 Å². The number of carboxylic acid groups (broad SMARTS) is 1. The van der Waals surface area contributed by atoms with E-state index < -0.39 is 5.97 Å². The smallest absolute Gasteiger partial charge is 0.356 e. The van der Waals surface area contributed by atoms with Crippen LogP contribution in [0.4, 0.5) is 0 Å². The summed E-state index contributed by atoms with van der Waals surface area (Å²) in [5.74, 6) is -0.623. The molecule has 0 aromatic carbocycles. The van der Waals surface area contributed by atoms with Gasteiger partial charge in [-0.25, -0.2) is 9.78 Å². The number of carbonyl (C=O) groups is 2. The highest BCUT2D eigenvalue weighted by atomic mass is 32.2. The van der Waals surface area contributed by atoms with Gasteiger partial charge in [-0.3, -0.25) is 4.79 Å². The average Bonchev–Trinajstić information content (AvgIpc) is 2.82. The molecule has 1 aliphatic rings. The molecule has 6 heteroatoms. The van der Waals surface area contributed by atoms with E-state index in [9.17, 15) is 9.59 Å². The molecule has 1 N–H and O–H groups in total. The molecular formula is C13H17NO3S2. The molecule has 0 bridgehead atoms. The molecule has 0 aliphatic heterocycles. The van der Waals surface area contributed by atoms with Gasteiger partial charge in [0.25, 0.3) is 0 Å². The number of hydrogen-bond acceptors (Lipinski definition) is 5. The van der Waals surface area contributed by atoms with Gasteiger partial charge in [0.15, 0.2) is 11.5 Å². The number of nitrogens with zero attached hydrogens (tertiary/aromatic N) is 1. The maximum absolute atomic E-state index is 11.4. The molecule has 1 aromatic heterocycles. The summed E-state index contributed by atoms with van der Waals surface area (Å²) in [5.41, 5.74) is -0.0863. The van der Waals surface area contributed by atoms with E-state index in [-0.39, 0.29) is 16.4 Å². The Morgan fingerprint density at radius 2 is 2.05 bits per heavy atom. The van der Waals surface area contributed by atoms with Gasteiger partial charge in [-0.15, -0.1) is 11.3 Å². The summed E-state index contributed by atoms with van der Waals surface area (Å²) in [6.45, 7) is 1.39. The molecule has 1 heterocycles. The Balaban J connectivity index is 2.02. The minimum Gasteiger partial charge on any atom is -0.476 e. The van der Waals surface area contributed by atoms with Crippen LogP contribution in [0.25, 0.3) is 0 Å². The minimum absolute atomic E-state index is 0.0863. The second-order valence-electron chi connectivity index (χ2n) is 4.72. The quantitative estimate of drug-likeness (QED) is 0.841. The zero-order chi connectivity index (χ0) is 13.8. The highest BCUT2D eigenvalue weighted by molar-refractivity contribution is 7.99. The summed E-state index contributed by atoms with van der Waals surface area (Å²) in [6.07, 6.45) is 6.37. The number of ketones is 1. The summed E-state index contributed by atoms with van der Waals surface area (Å²) in [4.78, 5) is 26.8. The molecule has 1 aromatic rings. The fourth-order valence-corrected chi connectivity index (χ4v) is 4.53. The number of rotatable bonds is 5. The van der Waals surface area contributed by atoms with Crippen LogP contribution in [0, 0.1) is 0 Å². The lowest BCUT2D eigenvalue weighted by Crippen LogP contribution is -2.08. The maximum atomic E-state index is 11.4. The molecule has 4 nitrogen and oxygen atoms in total. The Hall–Kier alpha value is -0.880. The Kier molecular flexibility index (Phi) is 4.99. The molecule has 0 atom stereocenters. The van der Waals surface area contributed by atoms with Crippen molar-refractivity contribution in [3.05, 3.63) is 15.6 Å². The van der Waals surface area contributed by atoms with Crippen molar-refractivity contribution in [3.63, 3.8) is 0 Å². The molecule has 0 saturated heterocycles. The topological polar surface area (TPSA) is 67.3 Å². The molecule has 0 spiro atoms. The van der Waals surface area contributed by atoms with E-state index in [1.807, 2.05) is 11.8 Å². The third-order valence-corrected chi connectivity index (χ3v) is 5.91. The van der Waals surface area contributed by atoms with E-state index in [4.69, 9.17) is 5.11 Å². The van der Waals surface area contributed by atoms with Gasteiger partial charge in [0.1, 0.15) is 9.88 Å². The van der Waals surface area contributed by atoms with E-state index in [2.05, 4.69) is 4.98 Å². The lowest BCUT2D eigenvalue weighted by molar-refractivity contribution is 0.0687. The average molecular weight is 299 g/mol. The maximum Gasteiger partial charge on any atom is 0.356 e.